The fourth-order valence-electron chi connectivity index (χ4n) is 1.57. The minimum atomic E-state index is -3.97. The molecule has 3 heteroatoms. The molecule has 80 valence electrons. The molecule has 0 heterocycles. The SMILES string of the molecule is CC(C)CC(C)CCCC(F)(F)F. The van der Waals surface area contributed by atoms with E-state index in [0.717, 1.165) is 6.42 Å². The summed E-state index contributed by atoms with van der Waals surface area (Å²) in [6.45, 7) is 6.22. The summed E-state index contributed by atoms with van der Waals surface area (Å²) in [6.07, 6.45) is -2.61. The summed E-state index contributed by atoms with van der Waals surface area (Å²) in [5.74, 6) is 1.00. The number of rotatable bonds is 5. The van der Waals surface area contributed by atoms with Gasteiger partial charge in [-0.05, 0) is 24.7 Å². The van der Waals surface area contributed by atoms with Gasteiger partial charge < -0.3 is 0 Å². The van der Waals surface area contributed by atoms with Gasteiger partial charge in [0.1, 0.15) is 0 Å². The quantitative estimate of drug-likeness (QED) is 0.611. The van der Waals surface area contributed by atoms with E-state index < -0.39 is 12.6 Å². The summed E-state index contributed by atoms with van der Waals surface area (Å²) in [5.41, 5.74) is 0. The first kappa shape index (κ1) is 12.8. The minimum absolute atomic E-state index is 0.275. The maximum atomic E-state index is 11.8. The van der Waals surface area contributed by atoms with Gasteiger partial charge in [-0.15, -0.1) is 0 Å². The molecule has 0 aromatic rings. The molecule has 0 nitrogen and oxygen atoms in total. The fraction of sp³-hybridized carbons (Fsp3) is 1.00. The third-order valence-electron chi connectivity index (χ3n) is 2.03. The van der Waals surface area contributed by atoms with Crippen LogP contribution in [-0.4, -0.2) is 6.18 Å². The Morgan fingerprint density at radius 3 is 2.00 bits per heavy atom. The Hall–Kier alpha value is -0.210. The van der Waals surface area contributed by atoms with Gasteiger partial charge in [-0.1, -0.05) is 27.2 Å². The van der Waals surface area contributed by atoms with E-state index in [-0.39, 0.29) is 6.42 Å². The Balaban J connectivity index is 3.42. The van der Waals surface area contributed by atoms with E-state index in [2.05, 4.69) is 13.8 Å². The van der Waals surface area contributed by atoms with Crippen molar-refractivity contribution >= 4 is 0 Å². The summed E-state index contributed by atoms with van der Waals surface area (Å²) >= 11 is 0. The molecule has 0 aliphatic rings. The highest BCUT2D eigenvalue weighted by Crippen LogP contribution is 2.25. The zero-order valence-electron chi connectivity index (χ0n) is 8.62. The Morgan fingerprint density at radius 2 is 1.62 bits per heavy atom. The van der Waals surface area contributed by atoms with Crippen LogP contribution in [0.4, 0.5) is 13.2 Å². The summed E-state index contributed by atoms with van der Waals surface area (Å²) in [5, 5.41) is 0. The van der Waals surface area contributed by atoms with Crippen LogP contribution in [0.1, 0.15) is 46.5 Å². The third kappa shape index (κ3) is 9.71. The van der Waals surface area contributed by atoms with E-state index in [9.17, 15) is 13.2 Å². The Kier molecular flexibility index (Phi) is 5.42. The smallest absolute Gasteiger partial charge is 0.171 e. The maximum Gasteiger partial charge on any atom is 0.389 e. The Bertz CT molecular complexity index is 127. The summed E-state index contributed by atoms with van der Waals surface area (Å²) in [7, 11) is 0. The summed E-state index contributed by atoms with van der Waals surface area (Å²) in [4.78, 5) is 0. The van der Waals surface area contributed by atoms with Gasteiger partial charge in [-0.3, -0.25) is 0 Å². The van der Waals surface area contributed by atoms with Crippen LogP contribution in [0.3, 0.4) is 0 Å². The van der Waals surface area contributed by atoms with Gasteiger partial charge in [0.15, 0.2) is 0 Å². The molecular weight excluding hydrogens is 177 g/mol. The molecule has 13 heavy (non-hydrogen) atoms. The van der Waals surface area contributed by atoms with Crippen LogP contribution < -0.4 is 0 Å². The molecule has 0 radical (unpaired) electrons. The van der Waals surface area contributed by atoms with Crippen molar-refractivity contribution in [1.82, 2.24) is 0 Å². The van der Waals surface area contributed by atoms with Gasteiger partial charge in [0.25, 0.3) is 0 Å². The molecule has 1 atom stereocenters. The number of alkyl halides is 3. The van der Waals surface area contributed by atoms with Crippen molar-refractivity contribution in [3.63, 3.8) is 0 Å². The van der Waals surface area contributed by atoms with Crippen molar-refractivity contribution < 1.29 is 13.2 Å². The van der Waals surface area contributed by atoms with E-state index in [1.807, 2.05) is 6.92 Å². The Labute approximate surface area is 78.5 Å². The fourth-order valence-corrected chi connectivity index (χ4v) is 1.57. The van der Waals surface area contributed by atoms with E-state index in [1.54, 1.807) is 0 Å². The molecule has 0 N–H and O–H groups in total. The van der Waals surface area contributed by atoms with Gasteiger partial charge in [-0.2, -0.15) is 13.2 Å². The predicted molar refractivity (Wildman–Crippen MR) is 48.5 cm³/mol. The Morgan fingerprint density at radius 1 is 1.08 bits per heavy atom. The predicted octanol–water partition coefficient (Wildman–Crippen LogP) is 4.40. The van der Waals surface area contributed by atoms with Crippen molar-refractivity contribution in [1.29, 1.82) is 0 Å². The van der Waals surface area contributed by atoms with Crippen molar-refractivity contribution in [3.05, 3.63) is 0 Å². The number of hydrogen-bond acceptors (Lipinski definition) is 0. The topological polar surface area (TPSA) is 0 Å². The van der Waals surface area contributed by atoms with Gasteiger partial charge >= 0.3 is 6.18 Å². The van der Waals surface area contributed by atoms with Gasteiger partial charge in [-0.25, -0.2) is 0 Å². The van der Waals surface area contributed by atoms with Gasteiger partial charge in [0.2, 0.25) is 0 Å². The maximum absolute atomic E-state index is 11.8. The van der Waals surface area contributed by atoms with Crippen LogP contribution >= 0.6 is 0 Å². The van der Waals surface area contributed by atoms with Crippen LogP contribution in [0, 0.1) is 11.8 Å². The lowest BCUT2D eigenvalue weighted by Crippen LogP contribution is -2.08. The first-order chi connectivity index (χ1) is 5.81. The lowest BCUT2D eigenvalue weighted by atomic mass is 9.94. The van der Waals surface area contributed by atoms with Gasteiger partial charge in [0.05, 0.1) is 0 Å². The first-order valence-corrected chi connectivity index (χ1v) is 4.88. The molecule has 0 aliphatic heterocycles. The largest absolute Gasteiger partial charge is 0.389 e. The van der Waals surface area contributed by atoms with E-state index in [4.69, 9.17) is 0 Å². The van der Waals surface area contributed by atoms with E-state index in [1.165, 1.54) is 0 Å². The lowest BCUT2D eigenvalue weighted by Gasteiger charge is -2.14. The van der Waals surface area contributed by atoms with Crippen LogP contribution in [0.15, 0.2) is 0 Å². The first-order valence-electron chi connectivity index (χ1n) is 4.88. The summed E-state index contributed by atoms with van der Waals surface area (Å²) < 4.78 is 35.3. The minimum Gasteiger partial charge on any atom is -0.171 e. The molecule has 0 aromatic carbocycles. The average Bonchev–Trinajstić information content (AvgIpc) is 1.81. The number of hydrogen-bond donors (Lipinski definition) is 0. The van der Waals surface area contributed by atoms with E-state index in [0.29, 0.717) is 18.3 Å². The highest BCUT2D eigenvalue weighted by Gasteiger charge is 2.26. The molecule has 0 rings (SSSR count). The zero-order chi connectivity index (χ0) is 10.5. The van der Waals surface area contributed by atoms with Crippen LogP contribution in [0.25, 0.3) is 0 Å². The second kappa shape index (κ2) is 5.51. The van der Waals surface area contributed by atoms with Gasteiger partial charge in [0, 0.05) is 6.42 Å². The molecule has 0 saturated heterocycles. The molecule has 0 aromatic heterocycles. The highest BCUT2D eigenvalue weighted by atomic mass is 19.4. The summed E-state index contributed by atoms with van der Waals surface area (Å²) in [6, 6.07) is 0. The van der Waals surface area contributed by atoms with Crippen molar-refractivity contribution in [2.45, 2.75) is 52.6 Å². The number of halogens is 3. The normalized spacial score (nSPS) is 15.0. The lowest BCUT2D eigenvalue weighted by molar-refractivity contribution is -0.136. The molecule has 0 spiro atoms. The molecular formula is C10H19F3. The second-order valence-electron chi connectivity index (χ2n) is 4.24. The zero-order valence-corrected chi connectivity index (χ0v) is 8.62. The highest BCUT2D eigenvalue weighted by molar-refractivity contribution is 4.58. The standard InChI is InChI=1S/C10H19F3/c1-8(2)7-9(3)5-4-6-10(11,12)13/h8-9H,4-7H2,1-3H3. The van der Waals surface area contributed by atoms with Crippen molar-refractivity contribution in [2.75, 3.05) is 0 Å². The molecule has 0 bridgehead atoms. The molecule has 0 amide bonds. The monoisotopic (exact) mass is 196 g/mol. The van der Waals surface area contributed by atoms with Crippen molar-refractivity contribution in [3.8, 4) is 0 Å². The van der Waals surface area contributed by atoms with E-state index >= 15 is 0 Å². The average molecular weight is 196 g/mol. The molecule has 0 saturated carbocycles. The molecule has 1 unspecified atom stereocenters. The third-order valence-corrected chi connectivity index (χ3v) is 2.03. The van der Waals surface area contributed by atoms with Crippen molar-refractivity contribution in [2.24, 2.45) is 11.8 Å². The van der Waals surface area contributed by atoms with Crippen LogP contribution in [-0.2, 0) is 0 Å². The second-order valence-corrected chi connectivity index (χ2v) is 4.24. The van der Waals surface area contributed by atoms with Crippen LogP contribution in [0.5, 0.6) is 0 Å². The van der Waals surface area contributed by atoms with Crippen LogP contribution in [0.2, 0.25) is 0 Å². The molecule has 0 aliphatic carbocycles. The molecule has 0 fully saturated rings.